The van der Waals surface area contributed by atoms with Crippen LogP contribution in [0.2, 0.25) is 0 Å². The van der Waals surface area contributed by atoms with Gasteiger partial charge in [-0.15, -0.1) is 0 Å². The smallest absolute Gasteiger partial charge is 0.265 e. The van der Waals surface area contributed by atoms with E-state index in [0.717, 1.165) is 41.2 Å². The van der Waals surface area contributed by atoms with Crippen molar-refractivity contribution in [1.82, 2.24) is 5.43 Å². The molecule has 2 heterocycles. The SMILES string of the molecule is CCCCCCCCCCCCC(Oc1ccc(OCCO)c(C)c1)C(=O)Nc1ccc(CC2=NC[N+]3(C=CC(C)=N3)N2)cc1. The van der Waals surface area contributed by atoms with E-state index in [1.807, 2.05) is 68.6 Å². The van der Waals surface area contributed by atoms with Crippen molar-refractivity contribution in [2.75, 3.05) is 25.2 Å². The molecule has 2 aromatic rings. The standard InChI is InChI=1S/C36H51N5O4/c1-4-5-6-7-8-9-10-11-12-13-14-34(45-32-19-20-33(28(2)25-32)44-24-23-42)36(43)38-31-17-15-30(16-18-31)26-35-37-27-41(40-35)22-21-29(3)39-41/h15-22,25,34,42H,4-14,23-24,26-27H2,1-3H3,(H-,37,38,40,43)/p+1. The molecular formula is C36H52N5O4+. The monoisotopic (exact) mass is 618 g/mol. The number of benzene rings is 2. The number of rotatable bonds is 20. The van der Waals surface area contributed by atoms with E-state index in [1.165, 1.54) is 51.4 Å². The Labute approximate surface area is 269 Å². The van der Waals surface area contributed by atoms with Gasteiger partial charge in [0.15, 0.2) is 18.1 Å². The van der Waals surface area contributed by atoms with E-state index in [4.69, 9.17) is 14.6 Å². The second-order valence-corrected chi connectivity index (χ2v) is 12.2. The Morgan fingerprint density at radius 3 is 2.36 bits per heavy atom. The van der Waals surface area contributed by atoms with Crippen LogP contribution in [0.5, 0.6) is 11.5 Å². The summed E-state index contributed by atoms with van der Waals surface area (Å²) in [6.07, 6.45) is 17.1. The van der Waals surface area contributed by atoms with Gasteiger partial charge in [-0.3, -0.25) is 4.79 Å². The van der Waals surface area contributed by atoms with Gasteiger partial charge in [-0.2, -0.15) is 5.43 Å². The predicted octanol–water partition coefficient (Wildman–Crippen LogP) is 7.20. The number of quaternary nitrogens is 1. The molecule has 4 rings (SSSR count). The maximum Gasteiger partial charge on any atom is 0.265 e. The lowest BCUT2D eigenvalue weighted by Crippen LogP contribution is -2.46. The molecule has 2 atom stereocenters. The molecule has 2 aromatic carbocycles. The maximum absolute atomic E-state index is 13.5. The molecule has 2 unspecified atom stereocenters. The number of amides is 1. The maximum atomic E-state index is 13.5. The van der Waals surface area contributed by atoms with Gasteiger partial charge < -0.3 is 19.9 Å². The van der Waals surface area contributed by atoms with E-state index in [2.05, 4.69) is 27.8 Å². The number of unbranched alkanes of at least 4 members (excludes halogenated alkanes) is 9. The molecule has 3 N–H and O–H groups in total. The van der Waals surface area contributed by atoms with Crippen molar-refractivity contribution in [3.05, 3.63) is 65.9 Å². The summed E-state index contributed by atoms with van der Waals surface area (Å²) in [5.74, 6) is 2.06. The number of carbonyl (C=O) groups is 1. The van der Waals surface area contributed by atoms with Gasteiger partial charge in [0.05, 0.1) is 6.61 Å². The third kappa shape index (κ3) is 11.0. The fourth-order valence-electron chi connectivity index (χ4n) is 5.66. The normalized spacial score (nSPS) is 17.6. The Morgan fingerprint density at radius 2 is 1.71 bits per heavy atom. The van der Waals surface area contributed by atoms with Gasteiger partial charge in [-0.05, 0) is 68.1 Å². The molecule has 2 aliphatic heterocycles. The minimum atomic E-state index is -0.614. The minimum Gasteiger partial charge on any atom is -0.491 e. The number of anilines is 1. The number of allylic oxidation sites excluding steroid dienone is 1. The zero-order valence-electron chi connectivity index (χ0n) is 27.4. The summed E-state index contributed by atoms with van der Waals surface area (Å²) in [5.41, 5.74) is 7.11. The Morgan fingerprint density at radius 1 is 1.00 bits per heavy atom. The molecule has 1 spiro atoms. The van der Waals surface area contributed by atoms with Crippen molar-refractivity contribution in [3.8, 4) is 11.5 Å². The first kappa shape index (κ1) is 34.2. The Kier molecular flexibility index (Phi) is 13.5. The summed E-state index contributed by atoms with van der Waals surface area (Å²) in [6, 6.07) is 13.4. The van der Waals surface area contributed by atoms with Gasteiger partial charge in [-0.1, -0.05) is 86.6 Å². The summed E-state index contributed by atoms with van der Waals surface area (Å²) in [5, 5.41) is 16.8. The number of amidine groups is 1. The van der Waals surface area contributed by atoms with Crippen LogP contribution < -0.4 is 20.2 Å². The zero-order chi connectivity index (χ0) is 31.9. The van der Waals surface area contributed by atoms with Crippen LogP contribution in [0.15, 0.2) is 64.8 Å². The fourth-order valence-corrected chi connectivity index (χ4v) is 5.66. The fraction of sp³-hybridized carbons (Fsp3) is 0.528. The summed E-state index contributed by atoms with van der Waals surface area (Å²) >= 11 is 0. The third-order valence-electron chi connectivity index (χ3n) is 8.18. The van der Waals surface area contributed by atoms with Gasteiger partial charge in [0.25, 0.3) is 5.91 Å². The number of ether oxygens (including phenoxy) is 2. The van der Waals surface area contributed by atoms with Crippen molar-refractivity contribution in [2.45, 2.75) is 104 Å². The molecule has 0 radical (unpaired) electrons. The molecule has 0 fully saturated rings. The first-order chi connectivity index (χ1) is 21.9. The number of carbonyl (C=O) groups excluding carboxylic acids is 1. The van der Waals surface area contributed by atoms with Gasteiger partial charge in [-0.25, -0.2) is 4.99 Å². The second kappa shape index (κ2) is 17.7. The number of nitrogens with zero attached hydrogens (tertiary/aromatic N) is 3. The number of hydrogen-bond donors (Lipinski definition) is 3. The van der Waals surface area contributed by atoms with E-state index in [0.29, 0.717) is 35.7 Å². The topological polar surface area (TPSA) is 105 Å². The van der Waals surface area contributed by atoms with Gasteiger partial charge >= 0.3 is 0 Å². The molecule has 2 aliphatic rings. The van der Waals surface area contributed by atoms with E-state index < -0.39 is 6.10 Å². The van der Waals surface area contributed by atoms with Crippen LogP contribution in [-0.2, 0) is 11.2 Å². The Hall–Kier alpha value is -3.69. The lowest BCUT2D eigenvalue weighted by atomic mass is 10.0. The summed E-state index contributed by atoms with van der Waals surface area (Å²) in [7, 11) is 0. The van der Waals surface area contributed by atoms with Crippen molar-refractivity contribution in [2.24, 2.45) is 10.1 Å². The molecule has 9 nitrogen and oxygen atoms in total. The lowest BCUT2D eigenvalue weighted by molar-refractivity contribution is -0.911. The molecular weight excluding hydrogens is 566 g/mol. The summed E-state index contributed by atoms with van der Waals surface area (Å²) in [6.45, 7) is 6.91. The molecule has 9 heteroatoms. The molecule has 0 bridgehead atoms. The van der Waals surface area contributed by atoms with Crippen LogP contribution in [-0.4, -0.2) is 53.2 Å². The number of hydrogen-bond acceptors (Lipinski definition) is 7. The first-order valence-electron chi connectivity index (χ1n) is 16.8. The number of aliphatic hydroxyl groups is 1. The van der Waals surface area contributed by atoms with Crippen molar-refractivity contribution in [3.63, 3.8) is 0 Å². The summed E-state index contributed by atoms with van der Waals surface area (Å²) < 4.78 is 12.2. The van der Waals surface area contributed by atoms with Crippen LogP contribution in [0.3, 0.4) is 0 Å². The molecule has 1 amide bonds. The van der Waals surface area contributed by atoms with Crippen LogP contribution in [0.4, 0.5) is 5.69 Å². The summed E-state index contributed by atoms with van der Waals surface area (Å²) in [4.78, 5) is 18.1. The Balaban J connectivity index is 1.30. The number of aliphatic imine (C=N–C) groups is 1. The highest BCUT2D eigenvalue weighted by Crippen LogP contribution is 2.26. The van der Waals surface area contributed by atoms with Crippen LogP contribution in [0, 0.1) is 6.92 Å². The van der Waals surface area contributed by atoms with E-state index in [1.54, 1.807) is 0 Å². The van der Waals surface area contributed by atoms with E-state index in [9.17, 15) is 4.79 Å². The highest BCUT2D eigenvalue weighted by molar-refractivity contribution is 5.94. The second-order valence-electron chi connectivity index (χ2n) is 12.2. The molecule has 45 heavy (non-hydrogen) atoms. The van der Waals surface area contributed by atoms with Crippen molar-refractivity contribution < 1.29 is 24.1 Å². The average molecular weight is 619 g/mol. The first-order valence-corrected chi connectivity index (χ1v) is 16.8. The largest absolute Gasteiger partial charge is 0.491 e. The van der Waals surface area contributed by atoms with Crippen molar-refractivity contribution in [1.29, 1.82) is 0 Å². The van der Waals surface area contributed by atoms with E-state index in [-0.39, 0.29) is 19.1 Å². The average Bonchev–Trinajstić information content (AvgIpc) is 3.61. The Bertz CT molecular complexity index is 1320. The third-order valence-corrected chi connectivity index (χ3v) is 8.18. The lowest BCUT2D eigenvalue weighted by Gasteiger charge is -2.20. The van der Waals surface area contributed by atoms with E-state index >= 15 is 0 Å². The molecule has 0 aliphatic carbocycles. The van der Waals surface area contributed by atoms with Crippen LogP contribution in [0.25, 0.3) is 0 Å². The highest BCUT2D eigenvalue weighted by Gasteiger charge is 2.35. The molecule has 0 saturated heterocycles. The zero-order valence-corrected chi connectivity index (χ0v) is 27.4. The minimum absolute atomic E-state index is 0.0438. The number of nitrogens with one attached hydrogen (secondary N) is 2. The van der Waals surface area contributed by atoms with Crippen LogP contribution >= 0.6 is 0 Å². The van der Waals surface area contributed by atoms with Crippen molar-refractivity contribution >= 4 is 23.1 Å². The highest BCUT2D eigenvalue weighted by atomic mass is 16.5. The van der Waals surface area contributed by atoms with Gasteiger partial charge in [0.1, 0.15) is 23.8 Å². The predicted molar refractivity (Wildman–Crippen MR) is 181 cm³/mol. The number of aliphatic hydroxyl groups excluding tert-OH is 1. The number of aryl methyl sites for hydroxylation is 1. The van der Waals surface area contributed by atoms with Gasteiger partial charge in [0, 0.05) is 18.2 Å². The van der Waals surface area contributed by atoms with Gasteiger partial charge in [0.2, 0.25) is 6.67 Å². The molecule has 0 aromatic heterocycles. The van der Waals surface area contributed by atoms with Crippen LogP contribution in [0.1, 0.15) is 95.6 Å². The molecule has 244 valence electrons. The quantitative estimate of drug-likeness (QED) is 0.108. The molecule has 0 saturated carbocycles.